The minimum absolute atomic E-state index is 0.498. The van der Waals surface area contributed by atoms with Crippen molar-refractivity contribution in [2.45, 2.75) is 6.61 Å². The van der Waals surface area contributed by atoms with Crippen LogP contribution in [0, 0.1) is 29.1 Å². The van der Waals surface area contributed by atoms with Crippen LogP contribution in [0.5, 0.6) is 0 Å². The van der Waals surface area contributed by atoms with Crippen molar-refractivity contribution >= 4 is 67.1 Å². The first kappa shape index (κ1) is 43.6. The normalized spacial score (nSPS) is 10.6. The van der Waals surface area contributed by atoms with E-state index in [-0.39, 0.29) is 0 Å². The maximum atomic E-state index is 12.9. The Hall–Kier alpha value is -5.53. The van der Waals surface area contributed by atoms with Gasteiger partial charge in [-0.05, 0) is 58.8 Å². The molecule has 0 aliphatic heterocycles. The summed E-state index contributed by atoms with van der Waals surface area (Å²) in [6.07, 6.45) is 3.77. The molecule has 3 nitrogen and oxygen atoms in total. The molecule has 0 aliphatic rings. The zero-order valence-corrected chi connectivity index (χ0v) is 32.9. The van der Waals surface area contributed by atoms with E-state index in [4.69, 9.17) is 10.0 Å². The van der Waals surface area contributed by atoms with E-state index < -0.39 is 64.4 Å². The first-order valence-corrected chi connectivity index (χ1v) is 20.5. The van der Waals surface area contributed by atoms with Crippen molar-refractivity contribution in [2.24, 2.45) is 0 Å². The number of hydrogen-bond donors (Lipinski definition) is 2. The summed E-state index contributed by atoms with van der Waals surface area (Å²) in [5.74, 6) is -10.7. The number of benzene rings is 7. The molecule has 0 atom stereocenters. The molecule has 7 aromatic rings. The smallest absolute Gasteiger partial charge is 0.402 e. The molecular formula is C47H38BF5O3P2. The Morgan fingerprint density at radius 1 is 0.414 bits per heavy atom. The van der Waals surface area contributed by atoms with Gasteiger partial charge < -0.3 is 14.7 Å². The molecule has 58 heavy (non-hydrogen) atoms. The van der Waals surface area contributed by atoms with Crippen LogP contribution in [-0.4, -0.2) is 17.4 Å². The van der Waals surface area contributed by atoms with Crippen molar-refractivity contribution in [3.63, 3.8) is 0 Å². The predicted molar refractivity (Wildman–Crippen MR) is 232 cm³/mol. The fourth-order valence-corrected chi connectivity index (χ4v) is 10.2. The molecule has 0 aliphatic carbocycles. The van der Waals surface area contributed by atoms with Crippen molar-refractivity contribution in [3.8, 4) is 0 Å². The van der Waals surface area contributed by atoms with Gasteiger partial charge in [0.05, 0.1) is 12.2 Å². The Morgan fingerprint density at radius 3 is 0.931 bits per heavy atom. The lowest BCUT2D eigenvalue weighted by Crippen LogP contribution is -2.20. The minimum Gasteiger partial charge on any atom is -0.402 e. The summed E-state index contributed by atoms with van der Waals surface area (Å²) in [7, 11) is -3.38. The Labute approximate surface area is 338 Å². The SMILES string of the molecule is C=Cc1ccc(P(c2ccccc2)c2ccccc2)cc1.C=Cc1ccc(P(c2ccccc2)c2ccccc2)cc1.OB(O)OCc1c(F)c(F)c(F)c(F)c1F. The van der Waals surface area contributed by atoms with E-state index in [1.807, 2.05) is 12.2 Å². The Bertz CT molecular complexity index is 2120. The van der Waals surface area contributed by atoms with Crippen LogP contribution < -0.4 is 31.8 Å². The molecule has 0 saturated heterocycles. The fourth-order valence-electron chi connectivity index (χ4n) is 5.66. The van der Waals surface area contributed by atoms with Crippen molar-refractivity contribution in [3.05, 3.63) is 229 Å². The molecule has 0 radical (unpaired) electrons. The zero-order chi connectivity index (χ0) is 41.4. The lowest BCUT2D eigenvalue weighted by molar-refractivity contribution is 0.170. The van der Waals surface area contributed by atoms with E-state index in [1.54, 1.807) is 0 Å². The molecule has 11 heteroatoms. The van der Waals surface area contributed by atoms with Crippen LogP contribution >= 0.6 is 15.8 Å². The number of hydrogen-bond acceptors (Lipinski definition) is 3. The molecule has 7 rings (SSSR count). The van der Waals surface area contributed by atoms with Gasteiger partial charge in [0.25, 0.3) is 0 Å². The van der Waals surface area contributed by atoms with E-state index >= 15 is 0 Å². The molecule has 0 spiro atoms. The van der Waals surface area contributed by atoms with Gasteiger partial charge in [0.15, 0.2) is 23.3 Å². The molecule has 2 N–H and O–H groups in total. The van der Waals surface area contributed by atoms with Crippen molar-refractivity contribution in [1.29, 1.82) is 0 Å². The highest BCUT2D eigenvalue weighted by Crippen LogP contribution is 2.34. The molecule has 0 saturated carbocycles. The molecule has 0 amide bonds. The van der Waals surface area contributed by atoms with Crippen LogP contribution in [0.1, 0.15) is 16.7 Å². The van der Waals surface area contributed by atoms with Gasteiger partial charge in [-0.3, -0.25) is 0 Å². The molecule has 0 bridgehead atoms. The number of rotatable bonds is 11. The maximum absolute atomic E-state index is 12.9. The second-order valence-corrected chi connectivity index (χ2v) is 16.7. The summed E-state index contributed by atoms with van der Waals surface area (Å²) in [4.78, 5) is 0. The molecule has 0 aromatic heterocycles. The standard InChI is InChI=1S/2C20H17P.C7H4BF5O3/c2*1-2-17-13-15-20(16-14-17)21(18-9-5-3-6-10-18)19-11-7-4-8-12-19;9-3-2(1-16-8(14)15)4(10)6(12)7(13)5(3)11/h2*2-16H,1H2;14-15H,1H2. The molecule has 292 valence electrons. The summed E-state index contributed by atoms with van der Waals surface area (Å²) in [5.41, 5.74) is 1.05. The third kappa shape index (κ3) is 11.5. The summed E-state index contributed by atoms with van der Waals surface area (Å²) in [6.45, 7) is 6.49. The second kappa shape index (κ2) is 21.8. The third-order valence-corrected chi connectivity index (χ3v) is 13.4. The largest absolute Gasteiger partial charge is 0.634 e. The van der Waals surface area contributed by atoms with E-state index in [9.17, 15) is 22.0 Å². The Kier molecular flexibility index (Phi) is 16.4. The van der Waals surface area contributed by atoms with Crippen LogP contribution in [0.25, 0.3) is 12.2 Å². The monoisotopic (exact) mass is 818 g/mol. The van der Waals surface area contributed by atoms with Gasteiger partial charge in [0.2, 0.25) is 5.82 Å². The van der Waals surface area contributed by atoms with Crippen LogP contribution in [0.15, 0.2) is 183 Å². The molecule has 0 unspecified atom stereocenters. The van der Waals surface area contributed by atoms with Gasteiger partial charge in [0, 0.05) is 0 Å². The van der Waals surface area contributed by atoms with Gasteiger partial charge in [-0.25, -0.2) is 22.0 Å². The summed E-state index contributed by atoms with van der Waals surface area (Å²) in [6, 6.07) is 60.5. The third-order valence-electron chi connectivity index (χ3n) is 8.51. The fraction of sp³-hybridized carbons (Fsp3) is 0.0213. The van der Waals surface area contributed by atoms with Gasteiger partial charge in [-0.2, -0.15) is 0 Å². The van der Waals surface area contributed by atoms with E-state index in [0.29, 0.717) is 0 Å². The molecule has 0 fully saturated rings. The predicted octanol–water partition coefficient (Wildman–Crippen LogP) is 9.04. The van der Waals surface area contributed by atoms with E-state index in [2.05, 4.69) is 188 Å². The van der Waals surface area contributed by atoms with Gasteiger partial charge >= 0.3 is 7.32 Å². The highest BCUT2D eigenvalue weighted by Gasteiger charge is 2.26. The van der Waals surface area contributed by atoms with E-state index in [0.717, 1.165) is 11.1 Å². The highest BCUT2D eigenvalue weighted by atomic mass is 31.1. The summed E-state index contributed by atoms with van der Waals surface area (Å²) < 4.78 is 67.4. The summed E-state index contributed by atoms with van der Waals surface area (Å²) in [5, 5.41) is 24.7. The lowest BCUT2D eigenvalue weighted by atomic mass is 10.1. The Balaban J connectivity index is 0.000000168. The first-order chi connectivity index (χ1) is 28.1. The van der Waals surface area contributed by atoms with Crippen molar-refractivity contribution in [1.82, 2.24) is 0 Å². The number of halogens is 5. The maximum Gasteiger partial charge on any atom is 0.634 e. The molecular weight excluding hydrogens is 780 g/mol. The van der Waals surface area contributed by atoms with Crippen LogP contribution in [0.3, 0.4) is 0 Å². The average molecular weight is 819 g/mol. The minimum atomic E-state index is -2.38. The average Bonchev–Trinajstić information content (AvgIpc) is 3.27. The van der Waals surface area contributed by atoms with E-state index in [1.165, 1.54) is 31.8 Å². The van der Waals surface area contributed by atoms with Crippen molar-refractivity contribution in [2.75, 3.05) is 0 Å². The molecule has 7 aromatic carbocycles. The van der Waals surface area contributed by atoms with Crippen LogP contribution in [0.2, 0.25) is 0 Å². The Morgan fingerprint density at radius 2 is 0.672 bits per heavy atom. The van der Waals surface area contributed by atoms with Gasteiger partial charge in [-0.1, -0.05) is 195 Å². The van der Waals surface area contributed by atoms with Gasteiger partial charge in [0.1, 0.15) is 0 Å². The van der Waals surface area contributed by atoms with Gasteiger partial charge in [-0.15, -0.1) is 0 Å². The van der Waals surface area contributed by atoms with Crippen molar-refractivity contribution < 1.29 is 36.7 Å². The topological polar surface area (TPSA) is 49.7 Å². The summed E-state index contributed by atoms with van der Waals surface area (Å²) >= 11 is 0. The zero-order valence-electron chi connectivity index (χ0n) is 31.1. The molecule has 0 heterocycles. The quantitative estimate of drug-likeness (QED) is 0.0451. The second-order valence-electron chi connectivity index (χ2n) is 12.3. The highest BCUT2D eigenvalue weighted by molar-refractivity contribution is 7.80. The van der Waals surface area contributed by atoms with Crippen LogP contribution in [0.4, 0.5) is 22.0 Å². The first-order valence-electron chi connectivity index (χ1n) is 17.9. The van der Waals surface area contributed by atoms with Crippen LogP contribution in [-0.2, 0) is 11.3 Å². The lowest BCUT2D eigenvalue weighted by Gasteiger charge is -2.19.